The van der Waals surface area contributed by atoms with Crippen molar-refractivity contribution in [2.45, 2.75) is 6.92 Å². The number of ether oxygens (including phenoxy) is 2. The summed E-state index contributed by atoms with van der Waals surface area (Å²) in [6.07, 6.45) is 1.47. The predicted octanol–water partition coefficient (Wildman–Crippen LogP) is 4.39. The maximum atomic E-state index is 13.0. The zero-order valence-corrected chi connectivity index (χ0v) is 16.4. The number of hydrogen-bond donors (Lipinski definition) is 1. The monoisotopic (exact) mass is 405 g/mol. The van der Waals surface area contributed by atoms with Gasteiger partial charge in [0.1, 0.15) is 11.3 Å². The Morgan fingerprint density at radius 2 is 1.93 bits per heavy atom. The predicted molar refractivity (Wildman–Crippen MR) is 112 cm³/mol. The summed E-state index contributed by atoms with van der Waals surface area (Å²) in [4.78, 5) is 25.5. The smallest absolute Gasteiger partial charge is 0.262 e. The molecule has 4 rings (SSSR count). The number of nitrogens with one attached hydrogen (secondary N) is 1. The van der Waals surface area contributed by atoms with Crippen molar-refractivity contribution >= 4 is 22.6 Å². The molecule has 1 N–H and O–H groups in total. The van der Waals surface area contributed by atoms with Crippen molar-refractivity contribution in [3.8, 4) is 23.0 Å². The Balaban J connectivity index is 1.65. The minimum absolute atomic E-state index is 0.0866. The fourth-order valence-electron chi connectivity index (χ4n) is 3.06. The molecule has 0 unspecified atom stereocenters. The quantitative estimate of drug-likeness (QED) is 0.512. The maximum Gasteiger partial charge on any atom is 0.262 e. The molecule has 0 saturated heterocycles. The van der Waals surface area contributed by atoms with E-state index in [1.54, 1.807) is 48.5 Å². The zero-order chi connectivity index (χ0) is 21.1. The lowest BCUT2D eigenvalue weighted by Gasteiger charge is -2.12. The van der Waals surface area contributed by atoms with E-state index in [0.29, 0.717) is 28.2 Å². The summed E-state index contributed by atoms with van der Waals surface area (Å²) in [7, 11) is 1.51. The molecule has 0 atom stereocenters. The van der Waals surface area contributed by atoms with Crippen LogP contribution in [0.4, 0.5) is 5.69 Å². The van der Waals surface area contributed by atoms with Gasteiger partial charge in [-0.15, -0.1) is 0 Å². The fraction of sp³-hybridized carbons (Fsp3) is 0.130. The van der Waals surface area contributed by atoms with E-state index in [4.69, 9.17) is 18.3 Å². The van der Waals surface area contributed by atoms with Crippen LogP contribution in [0.1, 0.15) is 5.56 Å². The summed E-state index contributed by atoms with van der Waals surface area (Å²) < 4.78 is 22.2. The van der Waals surface area contributed by atoms with Gasteiger partial charge < -0.3 is 23.6 Å². The van der Waals surface area contributed by atoms with E-state index in [-0.39, 0.29) is 16.9 Å². The van der Waals surface area contributed by atoms with Crippen molar-refractivity contribution < 1.29 is 23.1 Å². The first-order chi connectivity index (χ1) is 14.6. The number of rotatable bonds is 6. The number of aryl methyl sites for hydroxylation is 1. The van der Waals surface area contributed by atoms with Gasteiger partial charge >= 0.3 is 0 Å². The molecule has 30 heavy (non-hydrogen) atoms. The Hall–Kier alpha value is -4.00. The van der Waals surface area contributed by atoms with Crippen LogP contribution < -0.4 is 20.2 Å². The molecule has 7 nitrogen and oxygen atoms in total. The second kappa shape index (κ2) is 8.16. The number of fused-ring (bicyclic) bond motifs is 1. The molecule has 2 aromatic heterocycles. The summed E-state index contributed by atoms with van der Waals surface area (Å²) in [5, 5.41) is 3.06. The van der Waals surface area contributed by atoms with Gasteiger partial charge in [-0.2, -0.15) is 0 Å². The molecule has 7 heteroatoms. The highest BCUT2D eigenvalue weighted by Crippen LogP contribution is 2.31. The summed E-state index contributed by atoms with van der Waals surface area (Å²) in [5.41, 5.74) is 1.48. The first kappa shape index (κ1) is 19.3. The van der Waals surface area contributed by atoms with Gasteiger partial charge in [-0.25, -0.2) is 0 Å². The summed E-state index contributed by atoms with van der Waals surface area (Å²) in [6, 6.07) is 15.6. The van der Waals surface area contributed by atoms with Crippen LogP contribution in [0.15, 0.2) is 74.5 Å². The highest BCUT2D eigenvalue weighted by Gasteiger charge is 2.21. The molecule has 0 fully saturated rings. The molecule has 4 aromatic rings. The van der Waals surface area contributed by atoms with Gasteiger partial charge in [-0.05, 0) is 48.9 Å². The molecule has 0 aliphatic rings. The number of carbonyl (C=O) groups excluding carboxylic acids is 1. The lowest BCUT2D eigenvalue weighted by atomic mass is 10.1. The van der Waals surface area contributed by atoms with E-state index in [1.807, 2.05) is 13.0 Å². The Morgan fingerprint density at radius 1 is 1.10 bits per heavy atom. The standard InChI is InChI=1S/C23H19NO6/c1-14-9-10-15-19(12-14)30-22(18-8-5-11-28-18)23(21(15)26)29-13-20(25)24-16-6-3-4-7-17(16)27-2/h3-12H,13H2,1-2H3,(H,24,25). The Bertz CT molecular complexity index is 1260. The number of amides is 1. The maximum absolute atomic E-state index is 13.0. The van der Waals surface area contributed by atoms with E-state index in [0.717, 1.165) is 5.56 Å². The van der Waals surface area contributed by atoms with Crippen molar-refractivity contribution in [2.75, 3.05) is 19.0 Å². The van der Waals surface area contributed by atoms with Crippen molar-refractivity contribution in [1.82, 2.24) is 0 Å². The number of methoxy groups -OCH3 is 1. The van der Waals surface area contributed by atoms with Crippen LogP contribution in [0.2, 0.25) is 0 Å². The van der Waals surface area contributed by atoms with E-state index in [9.17, 15) is 9.59 Å². The van der Waals surface area contributed by atoms with Crippen LogP contribution in [-0.4, -0.2) is 19.6 Å². The van der Waals surface area contributed by atoms with E-state index < -0.39 is 12.5 Å². The zero-order valence-electron chi connectivity index (χ0n) is 16.4. The first-order valence-electron chi connectivity index (χ1n) is 9.24. The highest BCUT2D eigenvalue weighted by molar-refractivity contribution is 5.93. The lowest BCUT2D eigenvalue weighted by molar-refractivity contribution is -0.118. The molecular weight excluding hydrogens is 386 g/mol. The Labute approximate surface area is 171 Å². The lowest BCUT2D eigenvalue weighted by Crippen LogP contribution is -2.23. The number of benzene rings is 2. The second-order valence-electron chi connectivity index (χ2n) is 6.60. The van der Waals surface area contributed by atoms with Crippen LogP contribution in [0.5, 0.6) is 11.5 Å². The van der Waals surface area contributed by atoms with Crippen molar-refractivity contribution in [3.63, 3.8) is 0 Å². The molecular formula is C23H19NO6. The molecule has 0 radical (unpaired) electrons. The summed E-state index contributed by atoms with van der Waals surface area (Å²) in [6.45, 7) is 1.51. The molecule has 1 amide bonds. The molecule has 2 aromatic carbocycles. The minimum Gasteiger partial charge on any atom is -0.495 e. The van der Waals surface area contributed by atoms with E-state index in [2.05, 4.69) is 5.32 Å². The highest BCUT2D eigenvalue weighted by atomic mass is 16.5. The Morgan fingerprint density at radius 3 is 2.70 bits per heavy atom. The van der Waals surface area contributed by atoms with Crippen molar-refractivity contribution in [3.05, 3.63) is 76.6 Å². The SMILES string of the molecule is COc1ccccc1NC(=O)COc1c(-c2ccco2)oc2cc(C)ccc2c1=O. The van der Waals surface area contributed by atoms with Crippen molar-refractivity contribution in [1.29, 1.82) is 0 Å². The van der Waals surface area contributed by atoms with Gasteiger partial charge in [0.25, 0.3) is 5.91 Å². The largest absolute Gasteiger partial charge is 0.495 e. The summed E-state index contributed by atoms with van der Waals surface area (Å²) in [5.74, 6) is 0.441. The summed E-state index contributed by atoms with van der Waals surface area (Å²) >= 11 is 0. The fourth-order valence-corrected chi connectivity index (χ4v) is 3.06. The molecule has 0 bridgehead atoms. The van der Waals surface area contributed by atoms with Crippen LogP contribution in [-0.2, 0) is 4.79 Å². The molecule has 2 heterocycles. The average molecular weight is 405 g/mol. The van der Waals surface area contributed by atoms with Gasteiger partial charge in [0.15, 0.2) is 12.4 Å². The Kier molecular flexibility index (Phi) is 5.26. The molecule has 0 spiro atoms. The first-order valence-corrected chi connectivity index (χ1v) is 9.24. The number of hydrogen-bond acceptors (Lipinski definition) is 6. The molecule has 0 aliphatic heterocycles. The van der Waals surface area contributed by atoms with Crippen molar-refractivity contribution in [2.24, 2.45) is 0 Å². The van der Waals surface area contributed by atoms with E-state index in [1.165, 1.54) is 13.4 Å². The third-order valence-corrected chi connectivity index (χ3v) is 4.48. The van der Waals surface area contributed by atoms with Crippen LogP contribution in [0, 0.1) is 6.92 Å². The number of anilines is 1. The van der Waals surface area contributed by atoms with Crippen LogP contribution >= 0.6 is 0 Å². The number of carbonyl (C=O) groups is 1. The van der Waals surface area contributed by atoms with Gasteiger partial charge in [0.05, 0.1) is 24.4 Å². The third-order valence-electron chi connectivity index (χ3n) is 4.48. The molecule has 152 valence electrons. The average Bonchev–Trinajstić information content (AvgIpc) is 3.28. The minimum atomic E-state index is -0.451. The van der Waals surface area contributed by atoms with Crippen LogP contribution in [0.3, 0.4) is 0 Å². The van der Waals surface area contributed by atoms with Crippen LogP contribution in [0.25, 0.3) is 22.5 Å². The second-order valence-corrected chi connectivity index (χ2v) is 6.60. The normalized spacial score (nSPS) is 10.7. The van der Waals surface area contributed by atoms with E-state index >= 15 is 0 Å². The third kappa shape index (κ3) is 3.77. The van der Waals surface area contributed by atoms with Gasteiger partial charge in [-0.1, -0.05) is 18.2 Å². The van der Waals surface area contributed by atoms with Gasteiger partial charge in [0, 0.05) is 0 Å². The molecule has 0 aliphatic carbocycles. The van der Waals surface area contributed by atoms with Gasteiger partial charge in [0.2, 0.25) is 16.9 Å². The number of para-hydroxylation sites is 2. The number of furan rings is 1. The topological polar surface area (TPSA) is 90.9 Å². The van der Waals surface area contributed by atoms with Gasteiger partial charge in [-0.3, -0.25) is 9.59 Å². The molecule has 0 saturated carbocycles.